The molecule has 4 heteroatoms. The fraction of sp³-hybridized carbons (Fsp3) is 0.571. The molecular formula is C14H19F3O. The normalized spacial score (nSPS) is 15.8. The minimum absolute atomic E-state index is 0.275. The van der Waals surface area contributed by atoms with E-state index in [4.69, 9.17) is 4.74 Å². The minimum Gasteiger partial charge on any atom is -0.373 e. The van der Waals surface area contributed by atoms with E-state index in [0.29, 0.717) is 5.56 Å². The van der Waals surface area contributed by atoms with E-state index in [1.54, 1.807) is 18.2 Å². The highest BCUT2D eigenvalue weighted by Gasteiger charge is 2.40. The van der Waals surface area contributed by atoms with Crippen molar-refractivity contribution in [3.8, 4) is 0 Å². The Balaban J connectivity index is 3.11. The van der Waals surface area contributed by atoms with Gasteiger partial charge in [-0.1, -0.05) is 38.1 Å². The largest absolute Gasteiger partial charge is 0.392 e. The van der Waals surface area contributed by atoms with E-state index < -0.39 is 18.2 Å². The van der Waals surface area contributed by atoms with Crippen LogP contribution in [0.4, 0.5) is 13.2 Å². The number of benzene rings is 1. The van der Waals surface area contributed by atoms with Gasteiger partial charge in [0.15, 0.2) is 0 Å². The van der Waals surface area contributed by atoms with Gasteiger partial charge >= 0.3 is 6.18 Å². The monoisotopic (exact) mass is 260 g/mol. The highest BCUT2D eigenvalue weighted by molar-refractivity contribution is 5.30. The Hall–Kier alpha value is -1.03. The van der Waals surface area contributed by atoms with Gasteiger partial charge in [-0.25, -0.2) is 0 Å². The van der Waals surface area contributed by atoms with Crippen LogP contribution in [0.3, 0.4) is 0 Å². The number of hydrogen-bond donors (Lipinski definition) is 0. The number of hydrogen-bond acceptors (Lipinski definition) is 1. The fourth-order valence-electron chi connectivity index (χ4n) is 1.90. The molecule has 0 saturated carbocycles. The van der Waals surface area contributed by atoms with Crippen LogP contribution in [0.1, 0.15) is 44.2 Å². The molecule has 1 rings (SSSR count). The predicted octanol–water partition coefficient (Wildman–Crippen LogP) is 4.62. The molecule has 0 aliphatic rings. The summed E-state index contributed by atoms with van der Waals surface area (Å²) in [6, 6.07) is 7.16. The molecule has 1 unspecified atom stereocenters. The molecule has 1 aromatic rings. The summed E-state index contributed by atoms with van der Waals surface area (Å²) in [4.78, 5) is 0. The number of ether oxygens (including phenoxy) is 1. The lowest BCUT2D eigenvalue weighted by atomic mass is 9.89. The van der Waals surface area contributed by atoms with Gasteiger partial charge in [0.05, 0.1) is 12.0 Å². The van der Waals surface area contributed by atoms with Gasteiger partial charge in [-0.2, -0.15) is 13.2 Å². The van der Waals surface area contributed by atoms with Gasteiger partial charge in [0.2, 0.25) is 0 Å². The smallest absolute Gasteiger partial charge is 0.373 e. The number of halogens is 3. The van der Waals surface area contributed by atoms with Crippen molar-refractivity contribution in [2.24, 2.45) is 0 Å². The van der Waals surface area contributed by atoms with Gasteiger partial charge in [0, 0.05) is 7.11 Å². The van der Waals surface area contributed by atoms with E-state index >= 15 is 0 Å². The van der Waals surface area contributed by atoms with Gasteiger partial charge in [-0.15, -0.1) is 0 Å². The highest BCUT2D eigenvalue weighted by Crippen LogP contribution is 2.37. The maximum absolute atomic E-state index is 12.6. The molecule has 1 aromatic carbocycles. The molecule has 0 amide bonds. The first-order valence-corrected chi connectivity index (χ1v) is 5.90. The Bertz CT molecular complexity index is 398. The maximum Gasteiger partial charge on any atom is 0.392 e. The third-order valence-corrected chi connectivity index (χ3v) is 3.15. The predicted molar refractivity (Wildman–Crippen MR) is 65.6 cm³/mol. The lowest BCUT2D eigenvalue weighted by Gasteiger charge is -2.30. The zero-order chi connectivity index (χ0) is 14.0. The average molecular weight is 260 g/mol. The van der Waals surface area contributed by atoms with Crippen LogP contribution in [0, 0.1) is 0 Å². The van der Waals surface area contributed by atoms with Crippen molar-refractivity contribution in [3.05, 3.63) is 35.4 Å². The summed E-state index contributed by atoms with van der Waals surface area (Å²) in [6.45, 7) is 5.49. The van der Waals surface area contributed by atoms with Crippen LogP contribution in [-0.2, 0) is 10.3 Å². The van der Waals surface area contributed by atoms with Crippen molar-refractivity contribution in [1.29, 1.82) is 0 Å². The number of methoxy groups -OCH3 is 1. The molecule has 1 nitrogen and oxygen atoms in total. The van der Waals surface area contributed by atoms with E-state index in [9.17, 15) is 13.2 Å². The van der Waals surface area contributed by atoms with E-state index in [2.05, 4.69) is 0 Å². The van der Waals surface area contributed by atoms with Gasteiger partial charge < -0.3 is 4.74 Å². The van der Waals surface area contributed by atoms with E-state index in [1.807, 2.05) is 19.9 Å². The maximum atomic E-state index is 12.6. The van der Waals surface area contributed by atoms with Gasteiger partial charge in [0.1, 0.15) is 0 Å². The second-order valence-corrected chi connectivity index (χ2v) is 5.01. The van der Waals surface area contributed by atoms with E-state index in [0.717, 1.165) is 5.56 Å². The lowest BCUT2D eigenvalue weighted by Crippen LogP contribution is -2.31. The molecule has 0 aromatic heterocycles. The first-order valence-electron chi connectivity index (χ1n) is 5.90. The summed E-state index contributed by atoms with van der Waals surface area (Å²) < 4.78 is 42.9. The number of alkyl halides is 3. The topological polar surface area (TPSA) is 9.23 Å². The summed E-state index contributed by atoms with van der Waals surface area (Å²) in [6.07, 6.45) is -5.24. The summed E-state index contributed by atoms with van der Waals surface area (Å²) in [7, 11) is 1.31. The Morgan fingerprint density at radius 3 is 2.28 bits per heavy atom. The quantitative estimate of drug-likeness (QED) is 0.767. The minimum atomic E-state index is -4.25. The summed E-state index contributed by atoms with van der Waals surface area (Å²) in [5.74, 6) is 0.275. The van der Waals surface area contributed by atoms with Gasteiger partial charge in [-0.3, -0.25) is 0 Å². The Labute approximate surface area is 106 Å². The molecule has 0 aliphatic carbocycles. The second-order valence-electron chi connectivity index (χ2n) is 5.01. The van der Waals surface area contributed by atoms with Crippen molar-refractivity contribution in [3.63, 3.8) is 0 Å². The molecule has 0 fully saturated rings. The van der Waals surface area contributed by atoms with Crippen LogP contribution >= 0.6 is 0 Å². The van der Waals surface area contributed by atoms with Crippen molar-refractivity contribution in [2.45, 2.75) is 44.9 Å². The molecule has 0 bridgehead atoms. The van der Waals surface area contributed by atoms with E-state index in [-0.39, 0.29) is 5.92 Å². The molecule has 0 N–H and O–H groups in total. The summed E-state index contributed by atoms with van der Waals surface area (Å²) in [5.41, 5.74) is 0.245. The van der Waals surface area contributed by atoms with Crippen LogP contribution < -0.4 is 0 Å². The van der Waals surface area contributed by atoms with Crippen LogP contribution in [0.15, 0.2) is 24.3 Å². The highest BCUT2D eigenvalue weighted by atomic mass is 19.4. The van der Waals surface area contributed by atoms with Crippen LogP contribution in [-0.4, -0.2) is 13.3 Å². The van der Waals surface area contributed by atoms with Crippen molar-refractivity contribution in [2.75, 3.05) is 7.11 Å². The van der Waals surface area contributed by atoms with Crippen molar-refractivity contribution < 1.29 is 17.9 Å². The van der Waals surface area contributed by atoms with Crippen LogP contribution in [0.2, 0.25) is 0 Å². The zero-order valence-electron chi connectivity index (χ0n) is 11.1. The van der Waals surface area contributed by atoms with Crippen molar-refractivity contribution >= 4 is 0 Å². The SMILES string of the molecule is COC(C)(CC(F)(F)F)c1cccc(C(C)C)c1. The lowest BCUT2D eigenvalue weighted by molar-refractivity contribution is -0.181. The average Bonchev–Trinajstić information content (AvgIpc) is 2.27. The van der Waals surface area contributed by atoms with E-state index in [1.165, 1.54) is 14.0 Å². The zero-order valence-corrected chi connectivity index (χ0v) is 11.1. The third-order valence-electron chi connectivity index (χ3n) is 3.15. The van der Waals surface area contributed by atoms with Gasteiger partial charge in [0.25, 0.3) is 0 Å². The molecule has 0 spiro atoms. The molecule has 1 atom stereocenters. The van der Waals surface area contributed by atoms with Gasteiger partial charge in [-0.05, 0) is 24.0 Å². The molecule has 102 valence electrons. The fourth-order valence-corrected chi connectivity index (χ4v) is 1.90. The first-order chi connectivity index (χ1) is 8.18. The molecule has 0 aliphatic heterocycles. The standard InChI is InChI=1S/C14H19F3O/c1-10(2)11-6-5-7-12(8-11)13(3,18-4)9-14(15,16)17/h5-8,10H,9H2,1-4H3. The Morgan fingerprint density at radius 1 is 1.22 bits per heavy atom. The first kappa shape index (κ1) is 15.0. The van der Waals surface area contributed by atoms with Crippen LogP contribution in [0.25, 0.3) is 0 Å². The molecular weight excluding hydrogens is 241 g/mol. The third kappa shape index (κ3) is 3.73. The Morgan fingerprint density at radius 2 is 1.83 bits per heavy atom. The molecule has 0 radical (unpaired) electrons. The second kappa shape index (κ2) is 5.31. The molecule has 0 saturated heterocycles. The number of rotatable bonds is 4. The summed E-state index contributed by atoms with van der Waals surface area (Å²) >= 11 is 0. The molecule has 0 heterocycles. The Kier molecular flexibility index (Phi) is 4.43. The van der Waals surface area contributed by atoms with Crippen molar-refractivity contribution in [1.82, 2.24) is 0 Å². The molecule has 18 heavy (non-hydrogen) atoms. The summed E-state index contributed by atoms with van der Waals surface area (Å²) in [5, 5.41) is 0. The van der Waals surface area contributed by atoms with Crippen LogP contribution in [0.5, 0.6) is 0 Å².